The van der Waals surface area contributed by atoms with Crippen LogP contribution in [0.3, 0.4) is 0 Å². The third kappa shape index (κ3) is 1.28. The van der Waals surface area contributed by atoms with Crippen molar-refractivity contribution in [3.63, 3.8) is 0 Å². The van der Waals surface area contributed by atoms with E-state index in [-0.39, 0.29) is 5.15 Å². The van der Waals surface area contributed by atoms with Gasteiger partial charge in [-0.25, -0.2) is 0 Å². The molecule has 1 heterocycles. The molecule has 0 atom stereocenters. The number of hydrogen-bond acceptors (Lipinski definition) is 3. The van der Waals surface area contributed by atoms with Crippen LogP contribution in [0.5, 0.6) is 0 Å². The Morgan fingerprint density at radius 1 is 1.22 bits per heavy atom. The van der Waals surface area contributed by atoms with E-state index in [1.807, 2.05) is 0 Å². The minimum absolute atomic E-state index is 0.198. The van der Waals surface area contributed by atoms with E-state index in [0.29, 0.717) is 10.7 Å². The molecule has 0 bridgehead atoms. The third-order valence-electron chi connectivity index (χ3n) is 0.826. The molecule has 0 fully saturated rings. The van der Waals surface area contributed by atoms with Crippen molar-refractivity contribution in [2.45, 2.75) is 6.92 Å². The molecule has 0 aliphatic rings. The van der Waals surface area contributed by atoms with Gasteiger partial charge in [0.25, 0.3) is 0 Å². The van der Waals surface area contributed by atoms with Gasteiger partial charge in [-0.3, -0.25) is 0 Å². The summed E-state index contributed by atoms with van der Waals surface area (Å²) < 4.78 is 0. The quantitative estimate of drug-likeness (QED) is 0.582. The predicted molar refractivity (Wildman–Crippen MR) is 34.6 cm³/mol. The fraction of sp³-hybridized carbons (Fsp3) is 0.250. The Labute approximate surface area is 62.0 Å². The number of nitrogens with zero attached hydrogens (tertiary/aromatic N) is 3. The Morgan fingerprint density at radius 3 is 2.33 bits per heavy atom. The smallest absolute Gasteiger partial charge is 0.134 e. The monoisotopic (exact) mass is 163 g/mol. The fourth-order valence-electron chi connectivity index (χ4n) is 0.366. The molecule has 3 nitrogen and oxygen atoms in total. The van der Waals surface area contributed by atoms with Gasteiger partial charge >= 0.3 is 0 Å². The zero-order valence-electron chi connectivity index (χ0n) is 4.60. The molecule has 0 unspecified atom stereocenters. The fourth-order valence-corrected chi connectivity index (χ4v) is 0.612. The minimum Gasteiger partial charge on any atom is -0.134 e. The van der Waals surface area contributed by atoms with Crippen LogP contribution in [-0.4, -0.2) is 15.4 Å². The Bertz CT molecular complexity index is 205. The van der Waals surface area contributed by atoms with Crippen LogP contribution in [0.4, 0.5) is 0 Å². The molecule has 0 aliphatic heterocycles. The first-order valence-corrected chi connectivity index (χ1v) is 2.98. The van der Waals surface area contributed by atoms with Crippen molar-refractivity contribution in [2.75, 3.05) is 0 Å². The molecule has 9 heavy (non-hydrogen) atoms. The van der Waals surface area contributed by atoms with E-state index in [1.165, 1.54) is 0 Å². The highest BCUT2D eigenvalue weighted by atomic mass is 35.5. The normalized spacial score (nSPS) is 9.67. The Kier molecular flexibility index (Phi) is 1.83. The van der Waals surface area contributed by atoms with Gasteiger partial charge in [0.1, 0.15) is 5.02 Å². The predicted octanol–water partition coefficient (Wildman–Crippen LogP) is 1.49. The van der Waals surface area contributed by atoms with Crippen LogP contribution in [0.25, 0.3) is 0 Å². The number of aryl methyl sites for hydroxylation is 1. The molecule has 0 amide bonds. The van der Waals surface area contributed by atoms with Gasteiger partial charge in [-0.15, -0.1) is 10.2 Å². The van der Waals surface area contributed by atoms with Crippen molar-refractivity contribution >= 4 is 23.2 Å². The molecule has 0 N–H and O–H groups in total. The highest BCUT2D eigenvalue weighted by Crippen LogP contribution is 2.18. The summed E-state index contributed by atoms with van der Waals surface area (Å²) in [5.41, 5.74) is 0.594. The van der Waals surface area contributed by atoms with Crippen molar-refractivity contribution in [1.29, 1.82) is 0 Å². The molecular weight excluding hydrogens is 161 g/mol. The van der Waals surface area contributed by atoms with Crippen molar-refractivity contribution in [3.05, 3.63) is 15.9 Å². The van der Waals surface area contributed by atoms with Crippen molar-refractivity contribution in [1.82, 2.24) is 15.4 Å². The first kappa shape index (κ1) is 6.71. The lowest BCUT2D eigenvalue weighted by Gasteiger charge is -1.92. The van der Waals surface area contributed by atoms with E-state index in [1.54, 1.807) is 6.92 Å². The summed E-state index contributed by atoms with van der Waals surface area (Å²) >= 11 is 11.0. The zero-order valence-corrected chi connectivity index (χ0v) is 6.11. The van der Waals surface area contributed by atoms with Gasteiger partial charge in [0.15, 0.2) is 5.15 Å². The second kappa shape index (κ2) is 2.45. The maximum absolute atomic E-state index is 5.58. The molecular formula is C4H3Cl2N3. The van der Waals surface area contributed by atoms with E-state index >= 15 is 0 Å². The van der Waals surface area contributed by atoms with Crippen LogP contribution in [0.2, 0.25) is 10.2 Å². The zero-order chi connectivity index (χ0) is 6.85. The number of hydrogen-bond donors (Lipinski definition) is 0. The van der Waals surface area contributed by atoms with E-state index in [4.69, 9.17) is 23.2 Å². The van der Waals surface area contributed by atoms with Gasteiger partial charge in [0, 0.05) is 0 Å². The average Bonchev–Trinajstić information content (AvgIpc) is 1.83. The number of aromatic nitrogens is 3. The van der Waals surface area contributed by atoms with E-state index in [2.05, 4.69) is 15.4 Å². The van der Waals surface area contributed by atoms with Crippen LogP contribution in [-0.2, 0) is 0 Å². The lowest BCUT2D eigenvalue weighted by molar-refractivity contribution is 0.840. The van der Waals surface area contributed by atoms with E-state index < -0.39 is 0 Å². The standard InChI is InChI=1S/C4H3Cl2N3/c1-2-3(5)4(6)8-9-7-2/h1H3. The van der Waals surface area contributed by atoms with Gasteiger partial charge in [-0.05, 0) is 12.1 Å². The summed E-state index contributed by atoms with van der Waals surface area (Å²) in [5.74, 6) is 0. The van der Waals surface area contributed by atoms with Crippen LogP contribution >= 0.6 is 23.2 Å². The third-order valence-corrected chi connectivity index (χ3v) is 1.64. The van der Waals surface area contributed by atoms with Gasteiger partial charge in [0.05, 0.1) is 5.69 Å². The summed E-state index contributed by atoms with van der Waals surface area (Å²) in [7, 11) is 0. The lowest BCUT2D eigenvalue weighted by Crippen LogP contribution is -1.91. The van der Waals surface area contributed by atoms with Crippen molar-refractivity contribution in [2.24, 2.45) is 0 Å². The molecule has 0 aromatic carbocycles. The molecule has 0 radical (unpaired) electrons. The van der Waals surface area contributed by atoms with E-state index in [0.717, 1.165) is 0 Å². The second-order valence-electron chi connectivity index (χ2n) is 1.48. The van der Waals surface area contributed by atoms with E-state index in [9.17, 15) is 0 Å². The minimum atomic E-state index is 0.198. The SMILES string of the molecule is Cc1nnnc(Cl)c1Cl. The molecule has 0 saturated heterocycles. The number of rotatable bonds is 0. The van der Waals surface area contributed by atoms with Gasteiger partial charge in [-0.2, -0.15) is 0 Å². The first-order chi connectivity index (χ1) is 4.22. The summed E-state index contributed by atoms with van der Waals surface area (Å²) in [6, 6.07) is 0. The molecule has 0 spiro atoms. The van der Waals surface area contributed by atoms with Crippen molar-refractivity contribution in [3.8, 4) is 0 Å². The first-order valence-electron chi connectivity index (χ1n) is 2.23. The number of halogens is 2. The van der Waals surface area contributed by atoms with Gasteiger partial charge < -0.3 is 0 Å². The summed E-state index contributed by atoms with van der Waals surface area (Å²) in [6.45, 7) is 1.71. The van der Waals surface area contributed by atoms with Crippen LogP contribution in [0.1, 0.15) is 5.69 Å². The van der Waals surface area contributed by atoms with Crippen LogP contribution in [0.15, 0.2) is 0 Å². The van der Waals surface area contributed by atoms with Crippen molar-refractivity contribution < 1.29 is 0 Å². The summed E-state index contributed by atoms with van der Waals surface area (Å²) in [4.78, 5) is 0. The topological polar surface area (TPSA) is 38.7 Å². The maximum Gasteiger partial charge on any atom is 0.173 e. The molecule has 5 heteroatoms. The second-order valence-corrected chi connectivity index (χ2v) is 2.22. The molecule has 1 aromatic rings. The lowest BCUT2D eigenvalue weighted by atomic mass is 10.5. The van der Waals surface area contributed by atoms with Crippen LogP contribution in [0, 0.1) is 6.92 Å². The molecule has 48 valence electrons. The van der Waals surface area contributed by atoms with Gasteiger partial charge in [0.2, 0.25) is 0 Å². The Balaban J connectivity index is 3.25. The molecule has 0 aliphatic carbocycles. The highest BCUT2D eigenvalue weighted by Gasteiger charge is 2.01. The van der Waals surface area contributed by atoms with Gasteiger partial charge in [-0.1, -0.05) is 23.2 Å². The van der Waals surface area contributed by atoms with Crippen LogP contribution < -0.4 is 0 Å². The Morgan fingerprint density at radius 2 is 1.89 bits per heavy atom. The summed E-state index contributed by atoms with van der Waals surface area (Å²) in [5, 5.41) is 10.9. The summed E-state index contributed by atoms with van der Waals surface area (Å²) in [6.07, 6.45) is 0. The maximum atomic E-state index is 5.58. The average molecular weight is 164 g/mol. The Hall–Kier alpha value is -0.410. The molecule has 1 aromatic heterocycles. The molecule has 0 saturated carbocycles. The molecule has 1 rings (SSSR count). The largest absolute Gasteiger partial charge is 0.173 e. The highest BCUT2D eigenvalue weighted by molar-refractivity contribution is 6.41.